The molecule has 0 fully saturated rings. The Bertz CT molecular complexity index is 1100. The molecule has 2 amide bonds. The van der Waals surface area contributed by atoms with Gasteiger partial charge in [-0.05, 0) is 43.7 Å². The van der Waals surface area contributed by atoms with Gasteiger partial charge in [0.1, 0.15) is 0 Å². The van der Waals surface area contributed by atoms with Gasteiger partial charge in [0.15, 0.2) is 11.5 Å². The molecule has 0 aliphatic rings. The van der Waals surface area contributed by atoms with Crippen LogP contribution in [0, 0.1) is 13.8 Å². The Morgan fingerprint density at radius 3 is 2.28 bits per heavy atom. The summed E-state index contributed by atoms with van der Waals surface area (Å²) < 4.78 is 10.6. The molecule has 7 nitrogen and oxygen atoms in total. The number of hydrogen-bond acceptors (Lipinski definition) is 4. The van der Waals surface area contributed by atoms with Crippen molar-refractivity contribution in [2.24, 2.45) is 0 Å². The van der Waals surface area contributed by atoms with E-state index in [9.17, 15) is 9.59 Å². The zero-order chi connectivity index (χ0) is 21.3. The van der Waals surface area contributed by atoms with Gasteiger partial charge in [0.2, 0.25) is 0 Å². The predicted molar refractivity (Wildman–Crippen MR) is 113 cm³/mol. The number of amides is 2. The molecule has 0 unspecified atom stereocenters. The predicted octanol–water partition coefficient (Wildman–Crippen LogP) is 3.76. The summed E-state index contributed by atoms with van der Waals surface area (Å²) in [5.74, 6) is 0.264. The quantitative estimate of drug-likeness (QED) is 0.689. The maximum atomic E-state index is 13.0. The van der Waals surface area contributed by atoms with E-state index in [-0.39, 0.29) is 11.8 Å². The molecule has 0 aliphatic heterocycles. The fraction of sp³-hybridized carbons (Fsp3) is 0.273. The molecule has 1 heterocycles. The van der Waals surface area contributed by atoms with Gasteiger partial charge in [-0.1, -0.05) is 0 Å². The van der Waals surface area contributed by atoms with Crippen molar-refractivity contribution in [3.63, 3.8) is 0 Å². The smallest absolute Gasteiger partial charge is 0.255 e. The van der Waals surface area contributed by atoms with E-state index < -0.39 is 0 Å². The van der Waals surface area contributed by atoms with E-state index in [1.807, 2.05) is 26.0 Å². The number of ether oxygens (including phenoxy) is 2. The first-order valence-corrected chi connectivity index (χ1v) is 9.14. The van der Waals surface area contributed by atoms with Gasteiger partial charge < -0.3 is 24.7 Å². The number of methoxy groups -OCH3 is 2. The number of hydrogen-bond donors (Lipinski definition) is 2. The first-order chi connectivity index (χ1) is 13.8. The van der Waals surface area contributed by atoms with Crippen molar-refractivity contribution < 1.29 is 19.1 Å². The summed E-state index contributed by atoms with van der Waals surface area (Å²) in [6.07, 6.45) is 0. The van der Waals surface area contributed by atoms with Crippen molar-refractivity contribution in [1.82, 2.24) is 9.88 Å². The molecule has 0 saturated heterocycles. The molecule has 0 aliphatic carbocycles. The van der Waals surface area contributed by atoms with Crippen molar-refractivity contribution >= 4 is 28.4 Å². The van der Waals surface area contributed by atoms with Gasteiger partial charge in [0.05, 0.1) is 25.5 Å². The molecule has 152 valence electrons. The number of fused-ring (bicyclic) bond motifs is 1. The van der Waals surface area contributed by atoms with Crippen LogP contribution in [0.15, 0.2) is 30.3 Å². The second kappa shape index (κ2) is 7.87. The van der Waals surface area contributed by atoms with Crippen LogP contribution in [0.25, 0.3) is 10.9 Å². The van der Waals surface area contributed by atoms with Gasteiger partial charge in [-0.3, -0.25) is 9.59 Å². The minimum Gasteiger partial charge on any atom is -0.493 e. The maximum Gasteiger partial charge on any atom is 0.255 e. The SMILES string of the molecule is COc1cc(NC(=O)c2ccc3[nH]c(C)c(C)c3c2)c(C(=O)N(C)C)cc1OC. The van der Waals surface area contributed by atoms with Crippen molar-refractivity contribution in [3.8, 4) is 11.5 Å². The van der Waals surface area contributed by atoms with Crippen molar-refractivity contribution in [1.29, 1.82) is 0 Å². The molecule has 0 radical (unpaired) electrons. The molecule has 3 rings (SSSR count). The highest BCUT2D eigenvalue weighted by Gasteiger charge is 2.20. The van der Waals surface area contributed by atoms with E-state index >= 15 is 0 Å². The minimum atomic E-state index is -0.315. The van der Waals surface area contributed by atoms with Gasteiger partial charge in [0.25, 0.3) is 11.8 Å². The van der Waals surface area contributed by atoms with E-state index in [1.165, 1.54) is 19.1 Å². The van der Waals surface area contributed by atoms with E-state index in [1.54, 1.807) is 32.3 Å². The number of aryl methyl sites for hydroxylation is 2. The molecule has 3 aromatic rings. The van der Waals surface area contributed by atoms with Gasteiger partial charge in [-0.15, -0.1) is 0 Å². The number of carbonyl (C=O) groups is 2. The molecular formula is C22H25N3O4. The van der Waals surface area contributed by atoms with Gasteiger partial charge >= 0.3 is 0 Å². The highest BCUT2D eigenvalue weighted by atomic mass is 16.5. The molecule has 0 spiro atoms. The first-order valence-electron chi connectivity index (χ1n) is 9.14. The molecule has 2 aromatic carbocycles. The van der Waals surface area contributed by atoms with Crippen LogP contribution in [0.5, 0.6) is 11.5 Å². The van der Waals surface area contributed by atoms with Crippen LogP contribution < -0.4 is 14.8 Å². The Kier molecular flexibility index (Phi) is 5.50. The lowest BCUT2D eigenvalue weighted by Gasteiger charge is -2.18. The lowest BCUT2D eigenvalue weighted by atomic mass is 10.1. The third-order valence-electron chi connectivity index (χ3n) is 4.98. The Balaban J connectivity index is 2.03. The number of aromatic nitrogens is 1. The number of rotatable bonds is 5. The zero-order valence-corrected chi connectivity index (χ0v) is 17.5. The number of anilines is 1. The van der Waals surface area contributed by atoms with Crippen LogP contribution >= 0.6 is 0 Å². The molecule has 0 atom stereocenters. The Labute approximate surface area is 169 Å². The summed E-state index contributed by atoms with van der Waals surface area (Å²) in [5, 5.41) is 3.84. The van der Waals surface area contributed by atoms with Crippen molar-refractivity contribution in [2.75, 3.05) is 33.6 Å². The second-order valence-electron chi connectivity index (χ2n) is 7.04. The summed E-state index contributed by atoms with van der Waals surface area (Å²) in [6, 6.07) is 8.64. The zero-order valence-electron chi connectivity index (χ0n) is 17.5. The molecule has 7 heteroatoms. The standard InChI is InChI=1S/C22H25N3O4/c1-12-13(2)23-17-8-7-14(9-15(12)17)21(26)24-18-11-20(29-6)19(28-5)10-16(18)22(27)25(3)4/h7-11,23H,1-6H3,(H,24,26). The Morgan fingerprint density at radius 1 is 1.00 bits per heavy atom. The monoisotopic (exact) mass is 395 g/mol. The van der Waals surface area contributed by atoms with Gasteiger partial charge in [-0.25, -0.2) is 0 Å². The van der Waals surface area contributed by atoms with Crippen molar-refractivity contribution in [2.45, 2.75) is 13.8 Å². The molecular weight excluding hydrogens is 370 g/mol. The summed E-state index contributed by atoms with van der Waals surface area (Å²) in [7, 11) is 6.30. The fourth-order valence-corrected chi connectivity index (χ4v) is 3.20. The maximum absolute atomic E-state index is 13.0. The van der Waals surface area contributed by atoms with Crippen LogP contribution in [-0.4, -0.2) is 50.0 Å². The van der Waals surface area contributed by atoms with Crippen LogP contribution in [0.3, 0.4) is 0 Å². The Hall–Kier alpha value is -3.48. The average Bonchev–Trinajstić information content (AvgIpc) is 3.00. The summed E-state index contributed by atoms with van der Waals surface area (Å²) in [6.45, 7) is 4.01. The number of benzene rings is 2. The lowest BCUT2D eigenvalue weighted by Crippen LogP contribution is -2.24. The van der Waals surface area contributed by atoms with E-state index in [2.05, 4.69) is 10.3 Å². The molecule has 1 aromatic heterocycles. The third-order valence-corrected chi connectivity index (χ3v) is 4.98. The second-order valence-corrected chi connectivity index (χ2v) is 7.04. The van der Waals surface area contributed by atoms with Gasteiger partial charge in [0, 0.05) is 42.3 Å². The largest absolute Gasteiger partial charge is 0.493 e. The average molecular weight is 395 g/mol. The van der Waals surface area contributed by atoms with Crippen LogP contribution in [0.1, 0.15) is 32.0 Å². The van der Waals surface area contributed by atoms with E-state index in [0.29, 0.717) is 28.3 Å². The van der Waals surface area contributed by atoms with E-state index in [0.717, 1.165) is 22.2 Å². The normalized spacial score (nSPS) is 10.7. The summed E-state index contributed by atoms with van der Waals surface area (Å²) in [5.41, 5.74) is 4.31. The van der Waals surface area contributed by atoms with Crippen LogP contribution in [0.2, 0.25) is 0 Å². The topological polar surface area (TPSA) is 83.7 Å². The van der Waals surface area contributed by atoms with Crippen LogP contribution in [0.4, 0.5) is 5.69 Å². The number of carbonyl (C=O) groups excluding carboxylic acids is 2. The molecule has 0 bridgehead atoms. The first kappa shape index (κ1) is 20.3. The summed E-state index contributed by atoms with van der Waals surface area (Å²) >= 11 is 0. The van der Waals surface area contributed by atoms with Crippen LogP contribution in [-0.2, 0) is 0 Å². The lowest BCUT2D eigenvalue weighted by molar-refractivity contribution is 0.0828. The Morgan fingerprint density at radius 2 is 1.66 bits per heavy atom. The molecule has 0 saturated carbocycles. The minimum absolute atomic E-state index is 0.256. The van der Waals surface area contributed by atoms with Gasteiger partial charge in [-0.2, -0.15) is 0 Å². The fourth-order valence-electron chi connectivity index (χ4n) is 3.20. The number of H-pyrrole nitrogens is 1. The number of nitrogens with one attached hydrogen (secondary N) is 2. The summed E-state index contributed by atoms with van der Waals surface area (Å²) in [4.78, 5) is 30.3. The van der Waals surface area contributed by atoms with Crippen molar-refractivity contribution in [3.05, 3.63) is 52.7 Å². The molecule has 29 heavy (non-hydrogen) atoms. The number of aromatic amines is 1. The highest BCUT2D eigenvalue weighted by molar-refractivity contribution is 6.10. The third kappa shape index (κ3) is 3.76. The highest BCUT2D eigenvalue weighted by Crippen LogP contribution is 2.34. The number of nitrogens with zero attached hydrogens (tertiary/aromatic N) is 1. The van der Waals surface area contributed by atoms with E-state index in [4.69, 9.17) is 9.47 Å². The molecule has 2 N–H and O–H groups in total.